The number of hydrogen-bond donors (Lipinski definition) is 2. The van der Waals surface area contributed by atoms with Gasteiger partial charge in [0.15, 0.2) is 5.82 Å². The summed E-state index contributed by atoms with van der Waals surface area (Å²) in [4.78, 5) is 25.0. The number of anilines is 2. The molecule has 8 nitrogen and oxygen atoms in total. The van der Waals surface area contributed by atoms with Crippen LogP contribution in [0.3, 0.4) is 0 Å². The lowest BCUT2D eigenvalue weighted by Crippen LogP contribution is -2.22. The maximum atomic E-state index is 11.1. The monoisotopic (exact) mass is 345 g/mol. The molecule has 0 aliphatic carbocycles. The van der Waals surface area contributed by atoms with Crippen LogP contribution in [0, 0.1) is 0 Å². The molecule has 4 heterocycles. The van der Waals surface area contributed by atoms with E-state index in [2.05, 4.69) is 30.3 Å². The van der Waals surface area contributed by atoms with Crippen LogP contribution in [-0.4, -0.2) is 43.7 Å². The van der Waals surface area contributed by atoms with Crippen molar-refractivity contribution < 1.29 is 4.79 Å². The van der Waals surface area contributed by atoms with E-state index in [-0.39, 0.29) is 11.9 Å². The number of nitrogens with zero attached hydrogens (tertiary/aromatic N) is 5. The predicted molar refractivity (Wildman–Crippen MR) is 91.3 cm³/mol. The fraction of sp³-hybridized carbons (Fsp3) is 0.333. The second-order valence-electron chi connectivity index (χ2n) is 5.83. The molecule has 24 heavy (non-hydrogen) atoms. The molecule has 124 valence electrons. The highest BCUT2D eigenvalue weighted by Gasteiger charge is 2.27. The summed E-state index contributed by atoms with van der Waals surface area (Å²) in [5.74, 6) is 1.32. The number of halogens is 1. The van der Waals surface area contributed by atoms with E-state index < -0.39 is 0 Å². The van der Waals surface area contributed by atoms with Gasteiger partial charge in [0.1, 0.15) is 22.9 Å². The SMILES string of the molecule is CC(=O)Nc1ccn(C2CCN(c3ncnc4[nH]c(Cl)cc34)C2)n1. The van der Waals surface area contributed by atoms with Gasteiger partial charge in [0, 0.05) is 32.3 Å². The molecule has 1 fully saturated rings. The first-order valence-corrected chi connectivity index (χ1v) is 8.05. The van der Waals surface area contributed by atoms with Crippen molar-refractivity contribution in [2.24, 2.45) is 0 Å². The number of carbonyl (C=O) groups excluding carboxylic acids is 1. The highest BCUT2D eigenvalue weighted by atomic mass is 35.5. The second-order valence-corrected chi connectivity index (χ2v) is 6.23. The lowest BCUT2D eigenvalue weighted by molar-refractivity contribution is -0.114. The Bertz CT molecular complexity index is 902. The number of carbonyl (C=O) groups is 1. The maximum Gasteiger partial charge on any atom is 0.222 e. The molecule has 3 aromatic heterocycles. The molecule has 3 aromatic rings. The van der Waals surface area contributed by atoms with Crippen molar-refractivity contribution in [1.29, 1.82) is 0 Å². The summed E-state index contributed by atoms with van der Waals surface area (Å²) in [6.45, 7) is 3.13. The molecule has 0 radical (unpaired) electrons. The minimum absolute atomic E-state index is 0.124. The lowest BCUT2D eigenvalue weighted by Gasteiger charge is -2.18. The molecule has 1 aliphatic heterocycles. The zero-order chi connectivity index (χ0) is 16.7. The Morgan fingerprint density at radius 3 is 3.17 bits per heavy atom. The summed E-state index contributed by atoms with van der Waals surface area (Å²) in [7, 11) is 0. The lowest BCUT2D eigenvalue weighted by atomic mass is 10.3. The fourth-order valence-electron chi connectivity index (χ4n) is 3.09. The van der Waals surface area contributed by atoms with E-state index in [0.29, 0.717) is 11.0 Å². The van der Waals surface area contributed by atoms with Crippen LogP contribution < -0.4 is 10.2 Å². The first-order valence-electron chi connectivity index (χ1n) is 7.67. The van der Waals surface area contributed by atoms with Crippen molar-refractivity contribution in [2.45, 2.75) is 19.4 Å². The Kier molecular flexibility index (Phi) is 3.61. The number of nitrogens with one attached hydrogen (secondary N) is 2. The van der Waals surface area contributed by atoms with Crippen LogP contribution in [0.2, 0.25) is 5.15 Å². The number of aromatic amines is 1. The van der Waals surface area contributed by atoms with Crippen molar-refractivity contribution in [3.8, 4) is 0 Å². The maximum absolute atomic E-state index is 11.1. The number of hydrogen-bond acceptors (Lipinski definition) is 5. The molecule has 0 aromatic carbocycles. The zero-order valence-electron chi connectivity index (χ0n) is 13.0. The van der Waals surface area contributed by atoms with Crippen LogP contribution >= 0.6 is 11.6 Å². The van der Waals surface area contributed by atoms with Gasteiger partial charge in [-0.3, -0.25) is 9.48 Å². The summed E-state index contributed by atoms with van der Waals surface area (Å²) in [5.41, 5.74) is 0.737. The van der Waals surface area contributed by atoms with Gasteiger partial charge in [-0.2, -0.15) is 5.10 Å². The van der Waals surface area contributed by atoms with E-state index in [0.717, 1.165) is 36.4 Å². The average Bonchev–Trinajstić information content (AvgIpc) is 3.23. The van der Waals surface area contributed by atoms with E-state index in [1.54, 1.807) is 12.4 Å². The molecule has 4 rings (SSSR count). The predicted octanol–water partition coefficient (Wildman–Crippen LogP) is 2.22. The fourth-order valence-corrected chi connectivity index (χ4v) is 3.28. The average molecular weight is 346 g/mol. The summed E-state index contributed by atoms with van der Waals surface area (Å²) in [5, 5.41) is 8.59. The molecular formula is C15H16ClN7O. The van der Waals surface area contributed by atoms with Gasteiger partial charge in [-0.1, -0.05) is 11.6 Å². The van der Waals surface area contributed by atoms with Gasteiger partial charge in [0.2, 0.25) is 5.91 Å². The van der Waals surface area contributed by atoms with Crippen LogP contribution in [0.1, 0.15) is 19.4 Å². The largest absolute Gasteiger partial charge is 0.354 e. The van der Waals surface area contributed by atoms with Crippen LogP contribution in [0.4, 0.5) is 11.6 Å². The molecular weight excluding hydrogens is 330 g/mol. The standard InChI is InChI=1S/C15H16ClN7O/c1-9(24)19-13-3-5-23(21-13)10-2-4-22(7-10)15-11-6-12(16)20-14(11)17-8-18-15/h3,5-6,8,10H,2,4,7H2,1H3,(H,17,18,20)(H,19,21,24). The van der Waals surface area contributed by atoms with Crippen molar-refractivity contribution in [3.05, 3.63) is 29.8 Å². The Balaban J connectivity index is 1.55. The number of fused-ring (bicyclic) bond motifs is 1. The van der Waals surface area contributed by atoms with Gasteiger partial charge in [0.25, 0.3) is 0 Å². The minimum atomic E-state index is -0.124. The normalized spacial score (nSPS) is 17.6. The molecule has 1 aliphatic rings. The number of rotatable bonds is 3. The Hall–Kier alpha value is -2.61. The van der Waals surface area contributed by atoms with Crippen LogP contribution in [0.25, 0.3) is 11.0 Å². The third-order valence-corrected chi connectivity index (χ3v) is 4.32. The van der Waals surface area contributed by atoms with Crippen LogP contribution in [-0.2, 0) is 4.79 Å². The van der Waals surface area contributed by atoms with Crippen molar-refractivity contribution in [2.75, 3.05) is 23.3 Å². The molecule has 1 amide bonds. The van der Waals surface area contributed by atoms with Gasteiger partial charge in [-0.15, -0.1) is 0 Å². The number of aromatic nitrogens is 5. The Labute approximate surface area is 142 Å². The first-order chi connectivity index (χ1) is 11.6. The Morgan fingerprint density at radius 2 is 2.33 bits per heavy atom. The van der Waals surface area contributed by atoms with E-state index in [1.165, 1.54) is 6.92 Å². The first kappa shape index (κ1) is 14.9. The summed E-state index contributed by atoms with van der Waals surface area (Å²) in [6, 6.07) is 3.88. The summed E-state index contributed by atoms with van der Waals surface area (Å²) >= 11 is 6.04. The summed E-state index contributed by atoms with van der Waals surface area (Å²) < 4.78 is 1.90. The minimum Gasteiger partial charge on any atom is -0.354 e. The number of H-pyrrole nitrogens is 1. The Morgan fingerprint density at radius 1 is 1.46 bits per heavy atom. The van der Waals surface area contributed by atoms with Crippen LogP contribution in [0.5, 0.6) is 0 Å². The molecule has 0 bridgehead atoms. The third-order valence-electron chi connectivity index (χ3n) is 4.12. The van der Waals surface area contributed by atoms with Gasteiger partial charge < -0.3 is 15.2 Å². The van der Waals surface area contributed by atoms with Gasteiger partial charge in [-0.25, -0.2) is 9.97 Å². The van der Waals surface area contributed by atoms with Crippen LogP contribution in [0.15, 0.2) is 24.7 Å². The molecule has 2 N–H and O–H groups in total. The van der Waals surface area contributed by atoms with Gasteiger partial charge in [-0.05, 0) is 12.5 Å². The topological polar surface area (TPSA) is 91.7 Å². The highest BCUT2D eigenvalue weighted by molar-refractivity contribution is 6.30. The third kappa shape index (κ3) is 2.69. The smallest absolute Gasteiger partial charge is 0.222 e. The summed E-state index contributed by atoms with van der Waals surface area (Å²) in [6.07, 6.45) is 4.38. The van der Waals surface area contributed by atoms with Gasteiger partial charge >= 0.3 is 0 Å². The molecule has 9 heteroatoms. The number of amides is 1. The molecule has 0 saturated carbocycles. The zero-order valence-corrected chi connectivity index (χ0v) is 13.8. The van der Waals surface area contributed by atoms with Crippen molar-refractivity contribution >= 4 is 40.2 Å². The van der Waals surface area contributed by atoms with Crippen molar-refractivity contribution in [1.82, 2.24) is 24.7 Å². The quantitative estimate of drug-likeness (QED) is 0.759. The molecule has 1 unspecified atom stereocenters. The highest BCUT2D eigenvalue weighted by Crippen LogP contribution is 2.31. The van der Waals surface area contributed by atoms with E-state index in [4.69, 9.17) is 11.6 Å². The van der Waals surface area contributed by atoms with E-state index in [9.17, 15) is 4.79 Å². The molecule has 1 atom stereocenters. The molecule has 0 spiro atoms. The second kappa shape index (κ2) is 5.79. The molecule has 1 saturated heterocycles. The van der Waals surface area contributed by atoms with E-state index >= 15 is 0 Å². The van der Waals surface area contributed by atoms with E-state index in [1.807, 2.05) is 16.9 Å². The van der Waals surface area contributed by atoms with Crippen molar-refractivity contribution in [3.63, 3.8) is 0 Å². The van der Waals surface area contributed by atoms with Gasteiger partial charge in [0.05, 0.1) is 11.4 Å².